The van der Waals surface area contributed by atoms with Gasteiger partial charge in [-0.2, -0.15) is 0 Å². The Kier molecular flexibility index (Phi) is 3.48. The topological polar surface area (TPSA) is 20.3 Å². The zero-order valence-corrected chi connectivity index (χ0v) is 7.75. The number of rotatable bonds is 3. The number of allylic oxidation sites excluding steroid dienone is 1. The van der Waals surface area contributed by atoms with Crippen LogP contribution in [-0.4, -0.2) is 30.8 Å². The number of likely N-dealkylation sites (tertiary alicyclic amines) is 1. The third-order valence-electron chi connectivity index (χ3n) is 2.71. The first-order valence-electron chi connectivity index (χ1n) is 4.64. The van der Waals surface area contributed by atoms with E-state index in [1.807, 2.05) is 0 Å². The molecule has 0 radical (unpaired) electrons. The molecule has 0 aromatic rings. The van der Waals surface area contributed by atoms with Crippen molar-refractivity contribution in [3.8, 4) is 0 Å². The normalized spacial score (nSPS) is 20.8. The van der Waals surface area contributed by atoms with Crippen LogP contribution in [-0.2, 0) is 4.79 Å². The van der Waals surface area contributed by atoms with Gasteiger partial charge in [0.05, 0.1) is 0 Å². The second kappa shape index (κ2) is 4.41. The van der Waals surface area contributed by atoms with E-state index in [9.17, 15) is 4.79 Å². The highest BCUT2D eigenvalue weighted by atomic mass is 16.1. The first-order valence-corrected chi connectivity index (χ1v) is 4.64. The summed E-state index contributed by atoms with van der Waals surface area (Å²) < 4.78 is 0. The number of nitrogens with zero attached hydrogens (tertiary/aromatic N) is 1. The quantitative estimate of drug-likeness (QED) is 0.468. The highest BCUT2D eigenvalue weighted by Crippen LogP contribution is 2.21. The Labute approximate surface area is 74.2 Å². The number of piperidine rings is 1. The summed E-state index contributed by atoms with van der Waals surface area (Å²) in [7, 11) is 0. The Morgan fingerprint density at radius 3 is 2.58 bits per heavy atom. The SMILES string of the molecule is C=C(C=O)C1CCN(CC)CC1. The standard InChI is InChI=1S/C10H17NO/c1-3-11-6-4-10(5-7-11)9(2)8-12/h8,10H,2-7H2,1H3. The van der Waals surface area contributed by atoms with Gasteiger partial charge in [0.15, 0.2) is 0 Å². The van der Waals surface area contributed by atoms with E-state index in [4.69, 9.17) is 0 Å². The Morgan fingerprint density at radius 2 is 2.17 bits per heavy atom. The molecule has 0 saturated carbocycles. The summed E-state index contributed by atoms with van der Waals surface area (Å²) in [6.07, 6.45) is 3.11. The summed E-state index contributed by atoms with van der Waals surface area (Å²) in [5, 5.41) is 0. The molecular formula is C10H17NO. The van der Waals surface area contributed by atoms with Crippen LogP contribution < -0.4 is 0 Å². The Hall–Kier alpha value is -0.630. The van der Waals surface area contributed by atoms with Gasteiger partial charge in [0.1, 0.15) is 6.29 Å². The first kappa shape index (κ1) is 9.46. The lowest BCUT2D eigenvalue weighted by Gasteiger charge is -2.30. The molecule has 0 aliphatic carbocycles. The Morgan fingerprint density at radius 1 is 1.58 bits per heavy atom. The molecule has 68 valence electrons. The number of carbonyl (C=O) groups is 1. The lowest BCUT2D eigenvalue weighted by atomic mass is 9.91. The molecule has 1 saturated heterocycles. The Balaban J connectivity index is 2.35. The third kappa shape index (κ3) is 2.18. The minimum Gasteiger partial charge on any atom is -0.304 e. The van der Waals surface area contributed by atoms with Crippen LogP contribution in [0, 0.1) is 5.92 Å². The molecule has 1 heterocycles. The fourth-order valence-corrected chi connectivity index (χ4v) is 1.72. The average molecular weight is 167 g/mol. The van der Waals surface area contributed by atoms with Gasteiger partial charge >= 0.3 is 0 Å². The van der Waals surface area contributed by atoms with Crippen LogP contribution in [0.2, 0.25) is 0 Å². The molecule has 12 heavy (non-hydrogen) atoms. The molecule has 0 amide bonds. The van der Waals surface area contributed by atoms with Crippen LogP contribution in [0.1, 0.15) is 19.8 Å². The zero-order valence-electron chi connectivity index (χ0n) is 7.75. The smallest absolute Gasteiger partial charge is 0.145 e. The van der Waals surface area contributed by atoms with Gasteiger partial charge in [-0.25, -0.2) is 0 Å². The summed E-state index contributed by atoms with van der Waals surface area (Å²) in [6.45, 7) is 9.30. The van der Waals surface area contributed by atoms with Crippen molar-refractivity contribution in [2.45, 2.75) is 19.8 Å². The molecule has 0 N–H and O–H groups in total. The van der Waals surface area contributed by atoms with Gasteiger partial charge < -0.3 is 4.90 Å². The van der Waals surface area contributed by atoms with E-state index in [0.29, 0.717) is 5.92 Å². The lowest BCUT2D eigenvalue weighted by molar-refractivity contribution is -0.105. The minimum atomic E-state index is 0.449. The number of carbonyl (C=O) groups excluding carboxylic acids is 1. The van der Waals surface area contributed by atoms with Gasteiger partial charge in [-0.3, -0.25) is 4.79 Å². The van der Waals surface area contributed by atoms with E-state index in [1.165, 1.54) is 0 Å². The molecule has 1 aliphatic rings. The van der Waals surface area contributed by atoms with Crippen LogP contribution in [0.5, 0.6) is 0 Å². The van der Waals surface area contributed by atoms with Gasteiger partial charge in [0.2, 0.25) is 0 Å². The van der Waals surface area contributed by atoms with E-state index in [1.54, 1.807) is 0 Å². The van der Waals surface area contributed by atoms with E-state index >= 15 is 0 Å². The third-order valence-corrected chi connectivity index (χ3v) is 2.71. The number of hydrogen-bond donors (Lipinski definition) is 0. The van der Waals surface area contributed by atoms with E-state index in [0.717, 1.165) is 44.3 Å². The molecular weight excluding hydrogens is 150 g/mol. The highest BCUT2D eigenvalue weighted by Gasteiger charge is 2.19. The highest BCUT2D eigenvalue weighted by molar-refractivity contribution is 5.72. The van der Waals surface area contributed by atoms with Gasteiger partial charge in [0.25, 0.3) is 0 Å². The van der Waals surface area contributed by atoms with E-state index in [2.05, 4.69) is 18.4 Å². The van der Waals surface area contributed by atoms with Crippen LogP contribution >= 0.6 is 0 Å². The van der Waals surface area contributed by atoms with E-state index < -0.39 is 0 Å². The molecule has 0 bridgehead atoms. The summed E-state index contributed by atoms with van der Waals surface area (Å²) >= 11 is 0. The minimum absolute atomic E-state index is 0.449. The Bertz CT molecular complexity index is 169. The van der Waals surface area contributed by atoms with Gasteiger partial charge in [-0.05, 0) is 44.0 Å². The predicted octanol–water partition coefficient (Wildman–Crippen LogP) is 1.47. The summed E-state index contributed by atoms with van der Waals surface area (Å²) in [5.74, 6) is 0.449. The van der Waals surface area contributed by atoms with Crippen LogP contribution in [0.15, 0.2) is 12.2 Å². The lowest BCUT2D eigenvalue weighted by Crippen LogP contribution is -2.33. The molecule has 2 heteroatoms. The van der Waals surface area contributed by atoms with Crippen LogP contribution in [0.3, 0.4) is 0 Å². The summed E-state index contributed by atoms with van der Waals surface area (Å²) in [5.41, 5.74) is 0.783. The first-order chi connectivity index (χ1) is 5.77. The molecule has 0 aromatic carbocycles. The molecule has 2 nitrogen and oxygen atoms in total. The maximum Gasteiger partial charge on any atom is 0.145 e. The molecule has 1 rings (SSSR count). The maximum absolute atomic E-state index is 10.4. The number of hydrogen-bond acceptors (Lipinski definition) is 2. The van der Waals surface area contributed by atoms with Crippen molar-refractivity contribution >= 4 is 6.29 Å². The summed E-state index contributed by atoms with van der Waals surface area (Å²) in [6, 6.07) is 0. The number of aldehydes is 1. The van der Waals surface area contributed by atoms with Crippen molar-refractivity contribution in [3.05, 3.63) is 12.2 Å². The molecule has 0 atom stereocenters. The molecule has 1 fully saturated rings. The van der Waals surface area contributed by atoms with Crippen molar-refractivity contribution in [2.75, 3.05) is 19.6 Å². The largest absolute Gasteiger partial charge is 0.304 e. The fraction of sp³-hybridized carbons (Fsp3) is 0.700. The monoisotopic (exact) mass is 167 g/mol. The van der Waals surface area contributed by atoms with E-state index in [-0.39, 0.29) is 0 Å². The zero-order chi connectivity index (χ0) is 8.97. The van der Waals surface area contributed by atoms with Crippen LogP contribution in [0.25, 0.3) is 0 Å². The van der Waals surface area contributed by atoms with Gasteiger partial charge in [0, 0.05) is 0 Å². The fourth-order valence-electron chi connectivity index (χ4n) is 1.72. The van der Waals surface area contributed by atoms with Crippen molar-refractivity contribution < 1.29 is 4.79 Å². The second-order valence-corrected chi connectivity index (χ2v) is 3.40. The molecule has 0 unspecified atom stereocenters. The molecule has 1 aliphatic heterocycles. The van der Waals surface area contributed by atoms with Gasteiger partial charge in [-0.15, -0.1) is 0 Å². The van der Waals surface area contributed by atoms with Crippen molar-refractivity contribution in [2.24, 2.45) is 5.92 Å². The van der Waals surface area contributed by atoms with Crippen molar-refractivity contribution in [1.82, 2.24) is 4.90 Å². The molecule has 0 spiro atoms. The molecule has 0 aromatic heterocycles. The maximum atomic E-state index is 10.4. The second-order valence-electron chi connectivity index (χ2n) is 3.40. The average Bonchev–Trinajstić information content (AvgIpc) is 2.17. The van der Waals surface area contributed by atoms with Crippen molar-refractivity contribution in [1.29, 1.82) is 0 Å². The van der Waals surface area contributed by atoms with Gasteiger partial charge in [-0.1, -0.05) is 13.5 Å². The predicted molar refractivity (Wildman–Crippen MR) is 50.0 cm³/mol. The van der Waals surface area contributed by atoms with Crippen LogP contribution in [0.4, 0.5) is 0 Å². The summed E-state index contributed by atoms with van der Waals surface area (Å²) in [4.78, 5) is 12.9. The van der Waals surface area contributed by atoms with Crippen molar-refractivity contribution in [3.63, 3.8) is 0 Å².